The Bertz CT molecular complexity index is 1150. The number of likely N-dealkylation sites (N-methyl/N-ethyl adjacent to an activating group) is 3. The van der Waals surface area contributed by atoms with E-state index in [-0.39, 0.29) is 36.3 Å². The summed E-state index contributed by atoms with van der Waals surface area (Å²) in [6.45, 7) is 3.30. The summed E-state index contributed by atoms with van der Waals surface area (Å²) in [6, 6.07) is 8.99. The number of carbonyl (C=O) groups excluding carboxylic acids is 3. The summed E-state index contributed by atoms with van der Waals surface area (Å²) in [6.07, 6.45) is 3.43. The number of nitrogens with zero attached hydrogens (tertiary/aromatic N) is 5. The van der Waals surface area contributed by atoms with Gasteiger partial charge in [0.25, 0.3) is 5.91 Å². The largest absolute Gasteiger partial charge is 0.381 e. The molecule has 2 aromatic rings. The maximum atomic E-state index is 12.9. The van der Waals surface area contributed by atoms with Gasteiger partial charge in [0, 0.05) is 64.8 Å². The smallest absolute Gasteiger partial charge is 0.254 e. The Balaban J connectivity index is 1.58. The molecule has 0 radical (unpaired) electrons. The van der Waals surface area contributed by atoms with Crippen LogP contribution in [0.4, 0.5) is 22.9 Å². The molecule has 10 nitrogen and oxygen atoms in total. The number of amides is 3. The zero-order valence-electron chi connectivity index (χ0n) is 21.5. The third kappa shape index (κ3) is 5.13. The average Bonchev–Trinajstić information content (AvgIpc) is 2.87. The molecule has 0 spiro atoms. The minimum absolute atomic E-state index is 0.00231. The Morgan fingerprint density at radius 2 is 1.86 bits per heavy atom. The lowest BCUT2D eigenvalue weighted by Crippen LogP contribution is -2.55. The third-order valence-corrected chi connectivity index (χ3v) is 6.79. The number of benzene rings is 1. The van der Waals surface area contributed by atoms with Crippen molar-refractivity contribution in [2.24, 2.45) is 0 Å². The van der Waals surface area contributed by atoms with Crippen LogP contribution in [-0.2, 0) is 14.3 Å². The molecule has 192 valence electrons. The lowest BCUT2D eigenvalue weighted by atomic mass is 10.00. The van der Waals surface area contributed by atoms with Crippen molar-refractivity contribution >= 4 is 40.6 Å². The fourth-order valence-corrected chi connectivity index (χ4v) is 4.69. The van der Waals surface area contributed by atoms with Crippen LogP contribution in [-0.4, -0.2) is 92.5 Å². The normalized spacial score (nSPS) is 18.0. The first-order chi connectivity index (χ1) is 17.2. The zero-order valence-corrected chi connectivity index (χ0v) is 21.5. The maximum Gasteiger partial charge on any atom is 0.254 e. The first-order valence-electron chi connectivity index (χ1n) is 12.1. The Morgan fingerprint density at radius 3 is 2.56 bits per heavy atom. The number of carbonyl (C=O) groups is 3. The molecule has 1 atom stereocenters. The molecule has 1 fully saturated rings. The van der Waals surface area contributed by atoms with Crippen molar-refractivity contribution in [3.05, 3.63) is 42.1 Å². The van der Waals surface area contributed by atoms with Crippen LogP contribution >= 0.6 is 0 Å². The van der Waals surface area contributed by atoms with Gasteiger partial charge >= 0.3 is 0 Å². The molecule has 1 N–H and O–H groups in total. The van der Waals surface area contributed by atoms with Crippen LogP contribution in [0.3, 0.4) is 0 Å². The van der Waals surface area contributed by atoms with Crippen molar-refractivity contribution in [3.63, 3.8) is 0 Å². The van der Waals surface area contributed by atoms with E-state index in [1.165, 1.54) is 9.80 Å². The Labute approximate surface area is 211 Å². The number of fused-ring (bicyclic) bond motifs is 1. The highest BCUT2D eigenvalue weighted by Gasteiger charge is 2.38. The molecule has 4 rings (SSSR count). The number of pyridine rings is 1. The first-order valence-corrected chi connectivity index (χ1v) is 12.1. The molecule has 2 aliphatic rings. The number of nitrogens with one attached hydrogen (secondary N) is 1. The van der Waals surface area contributed by atoms with Crippen LogP contribution in [0.2, 0.25) is 0 Å². The van der Waals surface area contributed by atoms with Gasteiger partial charge < -0.3 is 29.7 Å². The number of ether oxygens (including phenoxy) is 1. The predicted octanol–water partition coefficient (Wildman–Crippen LogP) is 2.34. The number of anilines is 4. The molecule has 3 heterocycles. The molecular formula is C26H34N6O4. The second-order valence-electron chi connectivity index (χ2n) is 9.54. The number of rotatable bonds is 6. The van der Waals surface area contributed by atoms with Gasteiger partial charge in [-0.3, -0.25) is 14.4 Å². The molecule has 1 aromatic carbocycles. The van der Waals surface area contributed by atoms with Gasteiger partial charge in [0.15, 0.2) is 0 Å². The van der Waals surface area contributed by atoms with E-state index < -0.39 is 0 Å². The summed E-state index contributed by atoms with van der Waals surface area (Å²) < 4.78 is 5.55. The summed E-state index contributed by atoms with van der Waals surface area (Å²) >= 11 is 0. The average molecular weight is 495 g/mol. The topological polar surface area (TPSA) is 98.3 Å². The molecule has 0 bridgehead atoms. The van der Waals surface area contributed by atoms with Gasteiger partial charge in [-0.15, -0.1) is 0 Å². The van der Waals surface area contributed by atoms with Crippen molar-refractivity contribution in [1.82, 2.24) is 14.8 Å². The summed E-state index contributed by atoms with van der Waals surface area (Å²) in [4.78, 5) is 49.1. The van der Waals surface area contributed by atoms with Crippen LogP contribution < -0.4 is 15.1 Å². The van der Waals surface area contributed by atoms with Crippen LogP contribution in [0.15, 0.2) is 36.5 Å². The highest BCUT2D eigenvalue weighted by atomic mass is 16.5. The Hall–Kier alpha value is -3.66. The fraction of sp³-hybridized carbons (Fsp3) is 0.462. The van der Waals surface area contributed by atoms with Gasteiger partial charge in [-0.25, -0.2) is 4.98 Å². The van der Waals surface area contributed by atoms with Crippen molar-refractivity contribution in [1.29, 1.82) is 0 Å². The highest BCUT2D eigenvalue weighted by Crippen LogP contribution is 2.39. The lowest BCUT2D eigenvalue weighted by molar-refractivity contribution is -0.129. The number of aromatic nitrogens is 1. The fourth-order valence-electron chi connectivity index (χ4n) is 4.69. The van der Waals surface area contributed by atoms with Crippen molar-refractivity contribution in [2.75, 3.05) is 63.1 Å². The van der Waals surface area contributed by atoms with Gasteiger partial charge in [0.05, 0.1) is 24.1 Å². The maximum absolute atomic E-state index is 12.9. The van der Waals surface area contributed by atoms with Crippen LogP contribution in [0.1, 0.15) is 30.1 Å². The van der Waals surface area contributed by atoms with Crippen molar-refractivity contribution < 1.29 is 19.1 Å². The number of hydrogen-bond acceptors (Lipinski definition) is 7. The molecule has 0 aliphatic carbocycles. The lowest BCUT2D eigenvalue weighted by Gasteiger charge is -2.45. The van der Waals surface area contributed by atoms with Crippen molar-refractivity contribution in [2.45, 2.75) is 31.8 Å². The van der Waals surface area contributed by atoms with Gasteiger partial charge in [-0.1, -0.05) is 6.07 Å². The second-order valence-corrected chi connectivity index (χ2v) is 9.54. The number of hydrogen-bond donors (Lipinski definition) is 1. The molecule has 1 aromatic heterocycles. The van der Waals surface area contributed by atoms with E-state index >= 15 is 0 Å². The van der Waals surface area contributed by atoms with Gasteiger partial charge in [0.2, 0.25) is 11.8 Å². The summed E-state index contributed by atoms with van der Waals surface area (Å²) in [5.74, 6) is 0.262. The highest BCUT2D eigenvalue weighted by molar-refractivity contribution is 6.05. The summed E-state index contributed by atoms with van der Waals surface area (Å²) in [5, 5.41) is 3.30. The van der Waals surface area contributed by atoms with Gasteiger partial charge in [-0.05, 0) is 38.0 Å². The van der Waals surface area contributed by atoms with E-state index in [2.05, 4.69) is 15.2 Å². The van der Waals surface area contributed by atoms with E-state index in [0.717, 1.165) is 24.2 Å². The van der Waals surface area contributed by atoms with Gasteiger partial charge in [0.1, 0.15) is 11.9 Å². The van der Waals surface area contributed by atoms with E-state index in [0.29, 0.717) is 30.3 Å². The molecule has 2 aliphatic heterocycles. The Kier molecular flexibility index (Phi) is 7.44. The molecule has 1 unspecified atom stereocenters. The molecular weight excluding hydrogens is 460 g/mol. The predicted molar refractivity (Wildman–Crippen MR) is 139 cm³/mol. The molecule has 0 saturated carbocycles. The monoisotopic (exact) mass is 494 g/mol. The van der Waals surface area contributed by atoms with E-state index in [1.807, 2.05) is 19.1 Å². The first kappa shape index (κ1) is 25.4. The summed E-state index contributed by atoms with van der Waals surface area (Å²) in [7, 11) is 6.71. The molecule has 36 heavy (non-hydrogen) atoms. The van der Waals surface area contributed by atoms with Crippen LogP contribution in [0.5, 0.6) is 0 Å². The molecule has 1 saturated heterocycles. The minimum Gasteiger partial charge on any atom is -0.381 e. The zero-order chi connectivity index (χ0) is 26.0. The quantitative estimate of drug-likeness (QED) is 0.658. The third-order valence-electron chi connectivity index (χ3n) is 6.79. The second kappa shape index (κ2) is 10.5. The Morgan fingerprint density at radius 1 is 1.14 bits per heavy atom. The van der Waals surface area contributed by atoms with Crippen LogP contribution in [0, 0.1) is 0 Å². The van der Waals surface area contributed by atoms with E-state index in [1.54, 1.807) is 57.5 Å². The SMILES string of the molecule is CC1C(=O)N(C)c2cnc(Nc3cccc(C(=O)N(C)CC(=O)N(C)C)c3)cc2N1C1CCOCC1. The van der Waals surface area contributed by atoms with Gasteiger partial charge in [-0.2, -0.15) is 0 Å². The molecule has 10 heteroatoms. The van der Waals surface area contributed by atoms with Crippen LogP contribution in [0.25, 0.3) is 0 Å². The van der Waals surface area contributed by atoms with E-state index in [9.17, 15) is 14.4 Å². The minimum atomic E-state index is -0.290. The van der Waals surface area contributed by atoms with E-state index in [4.69, 9.17) is 4.74 Å². The molecule has 3 amide bonds. The standard InChI is InChI=1S/C26H34N6O4/c1-17-25(34)31(5)22-15-27-23(14-21(22)32(17)20-9-11-36-12-10-20)28-19-8-6-7-18(13-19)26(35)30(4)16-24(33)29(2)3/h6-8,13-15,17,20H,9-12,16H2,1-5H3,(H,27,28). The van der Waals surface area contributed by atoms with Crippen molar-refractivity contribution in [3.8, 4) is 0 Å². The summed E-state index contributed by atoms with van der Waals surface area (Å²) in [5.41, 5.74) is 2.88.